The van der Waals surface area contributed by atoms with Crippen LogP contribution in [0.25, 0.3) is 0 Å². The standard InChI is InChI=1S/C18H20FNO2/c19-14-6-8-16(9-7-14)22-12-15(21)11-20-18-10-5-13-3-1-2-4-17(13)18/h1-4,6-9,15,18,20-21H,5,10-12H2. The number of halogens is 1. The molecule has 0 spiro atoms. The lowest BCUT2D eigenvalue weighted by Crippen LogP contribution is -2.33. The first-order chi connectivity index (χ1) is 10.7. The molecule has 0 fully saturated rings. The van der Waals surface area contributed by atoms with Gasteiger partial charge in [0.25, 0.3) is 0 Å². The second-order valence-electron chi connectivity index (χ2n) is 5.62. The van der Waals surface area contributed by atoms with Gasteiger partial charge in [-0.25, -0.2) is 4.39 Å². The lowest BCUT2D eigenvalue weighted by atomic mass is 10.1. The van der Waals surface area contributed by atoms with Gasteiger partial charge in [0.15, 0.2) is 0 Å². The highest BCUT2D eigenvalue weighted by Gasteiger charge is 2.21. The molecular weight excluding hydrogens is 281 g/mol. The zero-order chi connectivity index (χ0) is 15.4. The van der Waals surface area contributed by atoms with Crippen LogP contribution in [0.3, 0.4) is 0 Å². The lowest BCUT2D eigenvalue weighted by Gasteiger charge is -2.18. The van der Waals surface area contributed by atoms with Crippen LogP contribution < -0.4 is 10.1 Å². The van der Waals surface area contributed by atoms with Crippen molar-refractivity contribution < 1.29 is 14.2 Å². The molecule has 3 rings (SSSR count). The van der Waals surface area contributed by atoms with E-state index in [4.69, 9.17) is 4.74 Å². The number of aryl methyl sites for hydroxylation is 1. The average Bonchev–Trinajstić information content (AvgIpc) is 2.96. The van der Waals surface area contributed by atoms with E-state index < -0.39 is 6.10 Å². The number of ether oxygens (including phenoxy) is 1. The predicted octanol–water partition coefficient (Wildman–Crippen LogP) is 2.84. The number of aliphatic hydroxyl groups excluding tert-OH is 1. The first-order valence-electron chi connectivity index (χ1n) is 7.60. The van der Waals surface area contributed by atoms with Crippen molar-refractivity contribution in [3.63, 3.8) is 0 Å². The van der Waals surface area contributed by atoms with E-state index >= 15 is 0 Å². The van der Waals surface area contributed by atoms with Crippen LogP contribution in [0, 0.1) is 5.82 Å². The number of fused-ring (bicyclic) bond motifs is 1. The molecule has 0 saturated heterocycles. The predicted molar refractivity (Wildman–Crippen MR) is 83.4 cm³/mol. The molecule has 3 nitrogen and oxygen atoms in total. The molecule has 1 aliphatic rings. The number of nitrogens with one attached hydrogen (secondary N) is 1. The molecule has 2 aromatic rings. The van der Waals surface area contributed by atoms with Crippen molar-refractivity contribution in [3.05, 3.63) is 65.5 Å². The van der Waals surface area contributed by atoms with Gasteiger partial charge in [-0.05, 0) is 48.2 Å². The molecule has 22 heavy (non-hydrogen) atoms. The highest BCUT2D eigenvalue weighted by Crippen LogP contribution is 2.30. The number of hydrogen-bond donors (Lipinski definition) is 2. The molecule has 0 saturated carbocycles. The molecule has 116 valence electrons. The summed E-state index contributed by atoms with van der Waals surface area (Å²) in [5.41, 5.74) is 2.71. The van der Waals surface area contributed by atoms with E-state index in [1.165, 1.54) is 23.3 Å². The van der Waals surface area contributed by atoms with E-state index in [9.17, 15) is 9.50 Å². The third-order valence-electron chi connectivity index (χ3n) is 3.99. The van der Waals surface area contributed by atoms with Gasteiger partial charge in [0.2, 0.25) is 0 Å². The van der Waals surface area contributed by atoms with Crippen LogP contribution in [0.4, 0.5) is 4.39 Å². The van der Waals surface area contributed by atoms with Gasteiger partial charge in [-0.15, -0.1) is 0 Å². The summed E-state index contributed by atoms with van der Waals surface area (Å²) in [4.78, 5) is 0. The van der Waals surface area contributed by atoms with Crippen molar-refractivity contribution in [1.29, 1.82) is 0 Å². The molecule has 2 N–H and O–H groups in total. The molecule has 1 aliphatic carbocycles. The maximum Gasteiger partial charge on any atom is 0.123 e. The van der Waals surface area contributed by atoms with Gasteiger partial charge in [0.05, 0.1) is 0 Å². The molecule has 2 aromatic carbocycles. The van der Waals surface area contributed by atoms with Crippen LogP contribution in [0.1, 0.15) is 23.6 Å². The normalized spacial score (nSPS) is 18.0. The van der Waals surface area contributed by atoms with E-state index in [0.29, 0.717) is 18.3 Å². The minimum Gasteiger partial charge on any atom is -0.491 e. The van der Waals surface area contributed by atoms with E-state index in [2.05, 4.69) is 23.5 Å². The molecule has 0 aromatic heterocycles. The zero-order valence-electron chi connectivity index (χ0n) is 12.3. The van der Waals surface area contributed by atoms with Crippen LogP contribution in [0.2, 0.25) is 0 Å². The van der Waals surface area contributed by atoms with Gasteiger partial charge in [0, 0.05) is 12.6 Å². The third kappa shape index (κ3) is 3.64. The van der Waals surface area contributed by atoms with E-state index in [-0.39, 0.29) is 12.4 Å². The second kappa shape index (κ2) is 6.90. The smallest absolute Gasteiger partial charge is 0.123 e. The largest absolute Gasteiger partial charge is 0.491 e. The zero-order valence-corrected chi connectivity index (χ0v) is 12.3. The van der Waals surface area contributed by atoms with Gasteiger partial charge < -0.3 is 15.2 Å². The fraction of sp³-hybridized carbons (Fsp3) is 0.333. The Bertz CT molecular complexity index is 615. The van der Waals surface area contributed by atoms with Crippen molar-refractivity contribution in [3.8, 4) is 5.75 Å². The fourth-order valence-electron chi connectivity index (χ4n) is 2.83. The van der Waals surface area contributed by atoms with E-state index in [0.717, 1.165) is 12.8 Å². The maximum absolute atomic E-state index is 12.8. The lowest BCUT2D eigenvalue weighted by molar-refractivity contribution is 0.103. The van der Waals surface area contributed by atoms with Crippen molar-refractivity contribution in [2.45, 2.75) is 25.0 Å². The molecule has 2 atom stereocenters. The second-order valence-corrected chi connectivity index (χ2v) is 5.62. The number of aliphatic hydroxyl groups is 1. The number of rotatable bonds is 6. The summed E-state index contributed by atoms with van der Waals surface area (Å²) in [6, 6.07) is 14.5. The first kappa shape index (κ1) is 15.0. The van der Waals surface area contributed by atoms with Crippen molar-refractivity contribution in [2.75, 3.05) is 13.2 Å². The molecule has 0 amide bonds. The van der Waals surface area contributed by atoms with Gasteiger partial charge in [-0.2, -0.15) is 0 Å². The molecule has 2 unspecified atom stereocenters. The Morgan fingerprint density at radius 3 is 2.77 bits per heavy atom. The van der Waals surface area contributed by atoms with Gasteiger partial charge in [-0.3, -0.25) is 0 Å². The Labute approximate surface area is 129 Å². The van der Waals surface area contributed by atoms with Crippen LogP contribution >= 0.6 is 0 Å². The van der Waals surface area contributed by atoms with E-state index in [1.54, 1.807) is 12.1 Å². The SMILES string of the molecule is OC(CNC1CCc2ccccc21)COc1ccc(F)cc1. The van der Waals surface area contributed by atoms with Crippen molar-refractivity contribution >= 4 is 0 Å². The molecule has 4 heteroatoms. The van der Waals surface area contributed by atoms with Crippen LogP contribution in [0.5, 0.6) is 5.75 Å². The first-order valence-corrected chi connectivity index (χ1v) is 7.60. The Morgan fingerprint density at radius 2 is 1.95 bits per heavy atom. The summed E-state index contributed by atoms with van der Waals surface area (Å²) in [7, 11) is 0. The quantitative estimate of drug-likeness (QED) is 0.862. The van der Waals surface area contributed by atoms with Gasteiger partial charge >= 0.3 is 0 Å². The monoisotopic (exact) mass is 301 g/mol. The van der Waals surface area contributed by atoms with E-state index in [1.807, 2.05) is 6.07 Å². The van der Waals surface area contributed by atoms with Gasteiger partial charge in [-0.1, -0.05) is 24.3 Å². The fourth-order valence-corrected chi connectivity index (χ4v) is 2.83. The highest BCUT2D eigenvalue weighted by atomic mass is 19.1. The summed E-state index contributed by atoms with van der Waals surface area (Å²) < 4.78 is 18.2. The summed E-state index contributed by atoms with van der Waals surface area (Å²) >= 11 is 0. The van der Waals surface area contributed by atoms with Gasteiger partial charge in [0.1, 0.15) is 24.3 Å². The average molecular weight is 301 g/mol. The third-order valence-corrected chi connectivity index (χ3v) is 3.99. The number of hydrogen-bond acceptors (Lipinski definition) is 3. The Kier molecular flexibility index (Phi) is 4.71. The van der Waals surface area contributed by atoms with Crippen LogP contribution in [-0.2, 0) is 6.42 Å². The molecule has 0 bridgehead atoms. The summed E-state index contributed by atoms with van der Waals surface area (Å²) in [5.74, 6) is 0.265. The van der Waals surface area contributed by atoms with Crippen LogP contribution in [0.15, 0.2) is 48.5 Å². The van der Waals surface area contributed by atoms with Crippen molar-refractivity contribution in [2.24, 2.45) is 0 Å². The minimum absolute atomic E-state index is 0.187. The Morgan fingerprint density at radius 1 is 1.18 bits per heavy atom. The molecule has 0 heterocycles. The Balaban J connectivity index is 1.45. The molecule has 0 aliphatic heterocycles. The molecule has 0 radical (unpaired) electrons. The van der Waals surface area contributed by atoms with Crippen molar-refractivity contribution in [1.82, 2.24) is 5.32 Å². The Hall–Kier alpha value is -1.91. The molecular formula is C18H20FNO2. The summed E-state index contributed by atoms with van der Waals surface area (Å²) in [6.07, 6.45) is 1.54. The minimum atomic E-state index is -0.599. The highest BCUT2D eigenvalue weighted by molar-refractivity contribution is 5.34. The maximum atomic E-state index is 12.8. The van der Waals surface area contributed by atoms with Crippen LogP contribution in [-0.4, -0.2) is 24.4 Å². The summed E-state index contributed by atoms with van der Waals surface area (Å²) in [6.45, 7) is 0.660. The number of benzene rings is 2. The summed E-state index contributed by atoms with van der Waals surface area (Å²) in [5, 5.41) is 13.4. The topological polar surface area (TPSA) is 41.5 Å².